The third-order valence-electron chi connectivity index (χ3n) is 12.2. The van der Waals surface area contributed by atoms with Gasteiger partial charge in [-0.15, -0.1) is 0 Å². The van der Waals surface area contributed by atoms with Gasteiger partial charge in [-0.1, -0.05) is 23.7 Å². The van der Waals surface area contributed by atoms with E-state index < -0.39 is 107 Å². The van der Waals surface area contributed by atoms with E-state index in [-0.39, 0.29) is 58.3 Å². The second-order valence-corrected chi connectivity index (χ2v) is 22.4. The maximum atomic E-state index is 13.8. The molecule has 2 saturated heterocycles. The number of fused-ring (bicyclic) bond motifs is 3. The minimum atomic E-state index is -5.24. The molecular weight excluding hydrogens is 1150 g/mol. The standard InChI is InChI=1S/C41H46ClN15O18P4/c1-45-31-24-34(47-15-46-31)56(16-48-24)39-30(67-2)29(73-79(65,66)70-14-22-27(58)28(59)38(71-22)57-17-49-25-35(57)52-41(44)53-36(25)60)23(72-39)13-69-77(63)75-78(64)74-76(62)21-9-3-18(4-10-21)33-50-32-26(37(61)54-40(43)51-32)55(33)11-12-68-20-7-5-19(42)6-8-20/h3-10,15-17,22-23,27-30,38-39,58-59,62-64H,11-14H2,1-2H3,(H,65,66)(H,45,46,47)(H3,43,51,54,61)(H3,44,52,53,60). The third kappa shape index (κ3) is 12.0. The summed E-state index contributed by atoms with van der Waals surface area (Å²) in [5.74, 6) is 0.820. The number of ether oxygens (including phenoxy) is 4. The predicted molar refractivity (Wildman–Crippen MR) is 279 cm³/mol. The summed E-state index contributed by atoms with van der Waals surface area (Å²) in [7, 11) is -11.0. The molecule has 12 unspecified atom stereocenters. The van der Waals surface area contributed by atoms with Gasteiger partial charge in [-0.25, -0.2) is 33.8 Å². The Balaban J connectivity index is 0.795. The summed E-state index contributed by atoms with van der Waals surface area (Å²) in [6.45, 7) is -1.24. The van der Waals surface area contributed by atoms with Crippen LogP contribution >= 0.6 is 45.0 Å². The third-order valence-corrected chi connectivity index (χ3v) is 16.8. The fourth-order valence-electron chi connectivity index (χ4n) is 8.61. The van der Waals surface area contributed by atoms with Gasteiger partial charge in [0, 0.05) is 30.0 Å². The van der Waals surface area contributed by atoms with Crippen LogP contribution in [0.2, 0.25) is 5.02 Å². The highest BCUT2D eigenvalue weighted by molar-refractivity contribution is 7.65. The number of nitrogens with two attached hydrogens (primary N) is 2. The molecule has 12 atom stereocenters. The number of H-pyrrole nitrogens is 2. The van der Waals surface area contributed by atoms with E-state index in [1.807, 2.05) is 0 Å². The van der Waals surface area contributed by atoms with Gasteiger partial charge in [-0.3, -0.25) is 42.0 Å². The zero-order valence-corrected chi connectivity index (χ0v) is 45.0. The lowest BCUT2D eigenvalue weighted by Crippen LogP contribution is -2.37. The van der Waals surface area contributed by atoms with Crippen LogP contribution in [0, 0.1) is 0 Å². The molecular formula is C41H46ClN15O18P4. The SMILES string of the molecule is CNc1ncnc2c1ncn2C1OC(COP(O)OP(O)OP(O)c2ccc(-c3nc4nc(N)[nH]c(=O)c4n3CCOc3ccc(Cl)cc3)cc2)C(OP(=O)(O)OCC2OC(n3cnc4c(=O)[nH]c(N)nc43)C(O)C2O)C1OC. The first-order chi connectivity index (χ1) is 37.9. The Morgan fingerprint density at radius 1 is 0.810 bits per heavy atom. The summed E-state index contributed by atoms with van der Waals surface area (Å²) >= 11 is 6.00. The number of hydrogen-bond donors (Lipinski definition) is 11. The summed E-state index contributed by atoms with van der Waals surface area (Å²) in [6, 6.07) is 12.8. The zero-order valence-electron chi connectivity index (χ0n) is 40.7. The van der Waals surface area contributed by atoms with E-state index in [4.69, 9.17) is 64.2 Å². The van der Waals surface area contributed by atoms with Crippen LogP contribution in [-0.4, -0.2) is 159 Å². The van der Waals surface area contributed by atoms with Crippen molar-refractivity contribution in [2.24, 2.45) is 0 Å². The molecule has 420 valence electrons. The van der Waals surface area contributed by atoms with Gasteiger partial charge in [0.2, 0.25) is 20.3 Å². The molecule has 0 saturated carbocycles. The minimum absolute atomic E-state index is 0.0794. The number of aromatic amines is 2. The Hall–Kier alpha value is -5.86. The molecule has 0 radical (unpaired) electrons. The summed E-state index contributed by atoms with van der Waals surface area (Å²) in [4.78, 5) is 104. The number of rotatable bonds is 22. The number of benzene rings is 2. The smallest absolute Gasteiger partial charge is 0.472 e. The molecule has 0 spiro atoms. The Morgan fingerprint density at radius 3 is 2.24 bits per heavy atom. The number of phosphoric ester groups is 1. The van der Waals surface area contributed by atoms with Crippen molar-refractivity contribution in [3.8, 4) is 17.1 Å². The van der Waals surface area contributed by atoms with Crippen LogP contribution in [0.1, 0.15) is 12.5 Å². The quantitative estimate of drug-likeness (QED) is 0.0424. The normalized spacial score (nSPS) is 23.4. The molecule has 0 bridgehead atoms. The molecule has 2 aliphatic heterocycles. The van der Waals surface area contributed by atoms with Gasteiger partial charge in [0.15, 0.2) is 46.2 Å². The second kappa shape index (κ2) is 23.7. The average molecular weight is 1200 g/mol. The topological polar surface area (TPSA) is 456 Å². The van der Waals surface area contributed by atoms with Gasteiger partial charge in [0.25, 0.3) is 11.1 Å². The number of phosphoric acid groups is 1. The largest absolute Gasteiger partial charge is 0.492 e. The van der Waals surface area contributed by atoms with Gasteiger partial charge in [-0.2, -0.15) is 9.97 Å². The molecule has 0 aliphatic carbocycles. The number of nitrogens with zero attached hydrogens (tertiary/aromatic N) is 10. The summed E-state index contributed by atoms with van der Waals surface area (Å²) < 4.78 is 68.7. The molecule has 2 aromatic carbocycles. The van der Waals surface area contributed by atoms with Crippen molar-refractivity contribution < 1.29 is 75.5 Å². The Labute approximate surface area is 450 Å². The fourth-order valence-corrected chi connectivity index (χ4v) is 12.3. The molecule has 2 fully saturated rings. The first kappa shape index (κ1) is 56.4. The highest BCUT2D eigenvalue weighted by atomic mass is 35.5. The Morgan fingerprint density at radius 2 is 1.51 bits per heavy atom. The van der Waals surface area contributed by atoms with E-state index in [9.17, 15) is 43.9 Å². The maximum Gasteiger partial charge on any atom is 0.472 e. The molecule has 79 heavy (non-hydrogen) atoms. The van der Waals surface area contributed by atoms with Gasteiger partial charge >= 0.3 is 25.0 Å². The first-order valence-electron chi connectivity index (χ1n) is 23.0. The van der Waals surface area contributed by atoms with Gasteiger partial charge in [0.1, 0.15) is 66.6 Å². The van der Waals surface area contributed by atoms with Crippen LogP contribution < -0.4 is 37.9 Å². The zero-order chi connectivity index (χ0) is 55.9. The fraction of sp³-hybridized carbons (Fsp3) is 0.341. The number of aliphatic hydroxyl groups excluding tert-OH is 2. The van der Waals surface area contributed by atoms with Crippen molar-refractivity contribution in [2.45, 2.75) is 55.6 Å². The van der Waals surface area contributed by atoms with Gasteiger partial charge in [-0.05, 0) is 36.4 Å². The number of anilines is 3. The van der Waals surface area contributed by atoms with Crippen LogP contribution in [0.25, 0.3) is 44.9 Å². The monoisotopic (exact) mass is 1200 g/mol. The highest BCUT2D eigenvalue weighted by Gasteiger charge is 2.52. The highest BCUT2D eigenvalue weighted by Crippen LogP contribution is 2.57. The number of aliphatic hydroxyl groups is 2. The number of halogens is 1. The van der Waals surface area contributed by atoms with Crippen LogP contribution in [-0.2, 0) is 47.5 Å². The van der Waals surface area contributed by atoms with E-state index in [0.29, 0.717) is 33.5 Å². The Bertz CT molecular complexity index is 3640. The summed E-state index contributed by atoms with van der Waals surface area (Å²) in [5.41, 5.74) is 11.3. The molecule has 0 amide bonds. The lowest BCUT2D eigenvalue weighted by molar-refractivity contribution is -0.0580. The molecule has 6 aromatic heterocycles. The van der Waals surface area contributed by atoms with Gasteiger partial charge in [0.05, 0.1) is 32.4 Å². The number of imidazole rings is 3. The Kier molecular flexibility index (Phi) is 16.9. The van der Waals surface area contributed by atoms with E-state index >= 15 is 0 Å². The van der Waals surface area contributed by atoms with Crippen molar-refractivity contribution in [1.29, 1.82) is 0 Å². The van der Waals surface area contributed by atoms with Crippen molar-refractivity contribution in [2.75, 3.05) is 50.8 Å². The molecule has 10 rings (SSSR count). The van der Waals surface area contributed by atoms with Gasteiger partial charge < -0.3 is 74.6 Å². The lowest BCUT2D eigenvalue weighted by atomic mass is 10.1. The number of nitrogens with one attached hydrogen (secondary N) is 3. The van der Waals surface area contributed by atoms with Crippen LogP contribution in [0.4, 0.5) is 17.7 Å². The van der Waals surface area contributed by atoms with E-state index in [1.165, 1.54) is 36.5 Å². The lowest BCUT2D eigenvalue weighted by Gasteiger charge is -2.26. The van der Waals surface area contributed by atoms with Crippen molar-refractivity contribution >= 4 is 102 Å². The molecule has 2 aliphatic rings. The minimum Gasteiger partial charge on any atom is -0.492 e. The number of aromatic nitrogens is 12. The van der Waals surface area contributed by atoms with Crippen LogP contribution in [0.5, 0.6) is 5.75 Å². The first-order valence-corrected chi connectivity index (χ1v) is 28.4. The molecule has 38 heteroatoms. The number of methoxy groups -OCH3 is 1. The van der Waals surface area contributed by atoms with Crippen LogP contribution in [0.15, 0.2) is 77.1 Å². The van der Waals surface area contributed by atoms with Crippen molar-refractivity contribution in [1.82, 2.24) is 58.6 Å². The molecule has 13 N–H and O–H groups in total. The molecule has 33 nitrogen and oxygen atoms in total. The summed E-state index contributed by atoms with van der Waals surface area (Å²) in [6.07, 6.45) is -8.00. The van der Waals surface area contributed by atoms with E-state index in [0.717, 1.165) is 10.9 Å². The maximum absolute atomic E-state index is 13.8. The van der Waals surface area contributed by atoms with E-state index in [1.54, 1.807) is 48.0 Å². The van der Waals surface area contributed by atoms with Crippen molar-refractivity contribution in [3.63, 3.8) is 0 Å². The van der Waals surface area contributed by atoms with E-state index in [2.05, 4.69) is 50.2 Å². The molecule has 8 heterocycles. The van der Waals surface area contributed by atoms with Crippen LogP contribution in [0.3, 0.4) is 0 Å². The van der Waals surface area contributed by atoms with Crippen molar-refractivity contribution in [3.05, 3.63) is 93.2 Å². The molecule has 8 aromatic rings. The average Bonchev–Trinajstić information content (AvgIpc) is 4.46. The summed E-state index contributed by atoms with van der Waals surface area (Å²) in [5, 5.41) is 25.5. The number of nitrogen functional groups attached to an aromatic ring is 2. The number of hydrogen-bond acceptors (Lipinski definition) is 27. The predicted octanol–water partition coefficient (Wildman–Crippen LogP) is 1.15. The second-order valence-electron chi connectivity index (χ2n) is 17.0.